The molecule has 0 spiro atoms. The van der Waals surface area contributed by atoms with Gasteiger partial charge in [0.05, 0.1) is 0 Å². The Balaban J connectivity index is 4.07. The zero-order valence-electron chi connectivity index (χ0n) is 17.2. The van der Waals surface area contributed by atoms with Crippen molar-refractivity contribution in [2.24, 2.45) is 0 Å². The molecular formula is C23H36O3. The number of carboxylic acid groups (broad SMARTS) is 1. The van der Waals surface area contributed by atoms with Gasteiger partial charge in [-0.05, 0) is 79.6 Å². The van der Waals surface area contributed by atoms with Crippen LogP contribution in [0.1, 0.15) is 86.0 Å². The highest BCUT2D eigenvalue weighted by molar-refractivity contribution is 5.85. The number of aliphatic carboxylic acids is 1. The van der Waals surface area contributed by atoms with Gasteiger partial charge in [-0.15, -0.1) is 0 Å². The summed E-state index contributed by atoms with van der Waals surface area (Å²) in [6.45, 7) is 9.69. The first kappa shape index (κ1) is 24.1. The Bertz CT molecular complexity index is 574. The molecule has 3 nitrogen and oxygen atoms in total. The Hall–Kier alpha value is -1.90. The molecule has 0 fully saturated rings. The summed E-state index contributed by atoms with van der Waals surface area (Å²) >= 11 is 0. The van der Waals surface area contributed by atoms with Gasteiger partial charge in [0.15, 0.2) is 0 Å². The van der Waals surface area contributed by atoms with Gasteiger partial charge in [-0.3, -0.25) is 0 Å². The van der Waals surface area contributed by atoms with Crippen LogP contribution in [0, 0.1) is 0 Å². The first-order valence-corrected chi connectivity index (χ1v) is 9.58. The number of rotatable bonds is 13. The van der Waals surface area contributed by atoms with E-state index in [9.17, 15) is 9.59 Å². The Kier molecular flexibility index (Phi) is 13.2. The van der Waals surface area contributed by atoms with E-state index in [4.69, 9.17) is 5.11 Å². The third-order valence-electron chi connectivity index (χ3n) is 4.38. The molecule has 3 heteroatoms. The van der Waals surface area contributed by atoms with Crippen LogP contribution in [0.2, 0.25) is 0 Å². The number of Topliss-reactive ketones (excluding diaryl/α,β-unsaturated/α-hetero) is 1. The minimum Gasteiger partial charge on any atom is -0.478 e. The second kappa shape index (κ2) is 14.3. The zero-order valence-corrected chi connectivity index (χ0v) is 17.2. The van der Waals surface area contributed by atoms with Crippen molar-refractivity contribution in [2.45, 2.75) is 86.0 Å². The summed E-state index contributed by atoms with van der Waals surface area (Å²) < 4.78 is 0. The van der Waals surface area contributed by atoms with Crippen molar-refractivity contribution >= 4 is 11.8 Å². The maximum absolute atomic E-state index is 10.9. The summed E-state index contributed by atoms with van der Waals surface area (Å²) in [6, 6.07) is 0. The topological polar surface area (TPSA) is 54.4 Å². The van der Waals surface area contributed by atoms with Gasteiger partial charge < -0.3 is 9.90 Å². The SMILES string of the molecule is CC(=O)CC/C=C(\C)CC/C=C(\C)CC/C=C(\C)CC/C=C(\C)C(=O)O. The van der Waals surface area contributed by atoms with Crippen LogP contribution in [0.5, 0.6) is 0 Å². The Labute approximate surface area is 159 Å². The van der Waals surface area contributed by atoms with Crippen molar-refractivity contribution < 1.29 is 14.7 Å². The summed E-state index contributed by atoms with van der Waals surface area (Å²) in [5.41, 5.74) is 4.50. The van der Waals surface area contributed by atoms with Gasteiger partial charge in [0, 0.05) is 12.0 Å². The van der Waals surface area contributed by atoms with E-state index in [1.165, 1.54) is 16.7 Å². The molecule has 146 valence electrons. The molecule has 0 rings (SSSR count). The average molecular weight is 361 g/mol. The Morgan fingerprint density at radius 3 is 1.31 bits per heavy atom. The molecule has 0 saturated heterocycles. The molecule has 26 heavy (non-hydrogen) atoms. The lowest BCUT2D eigenvalue weighted by molar-refractivity contribution is -0.132. The van der Waals surface area contributed by atoms with Crippen LogP contribution in [-0.4, -0.2) is 16.9 Å². The normalized spacial score (nSPS) is 13.9. The molecule has 0 aromatic heterocycles. The molecular weight excluding hydrogens is 324 g/mol. The summed E-state index contributed by atoms with van der Waals surface area (Å²) in [7, 11) is 0. The molecule has 0 aliphatic carbocycles. The maximum atomic E-state index is 10.9. The second-order valence-corrected chi connectivity index (χ2v) is 7.20. The van der Waals surface area contributed by atoms with E-state index >= 15 is 0 Å². The van der Waals surface area contributed by atoms with Crippen LogP contribution in [0.4, 0.5) is 0 Å². The molecule has 0 heterocycles. The number of hydrogen-bond donors (Lipinski definition) is 1. The van der Waals surface area contributed by atoms with Crippen LogP contribution in [0.3, 0.4) is 0 Å². The molecule has 0 unspecified atom stereocenters. The van der Waals surface area contributed by atoms with E-state index in [0.29, 0.717) is 12.0 Å². The molecule has 0 aromatic carbocycles. The summed E-state index contributed by atoms with van der Waals surface area (Å²) in [4.78, 5) is 21.6. The van der Waals surface area contributed by atoms with Crippen molar-refractivity contribution in [3.8, 4) is 0 Å². The fourth-order valence-corrected chi connectivity index (χ4v) is 2.52. The molecule has 0 radical (unpaired) electrons. The number of carbonyl (C=O) groups is 2. The lowest BCUT2D eigenvalue weighted by Crippen LogP contribution is -1.95. The molecule has 0 aromatic rings. The molecule has 1 N–H and O–H groups in total. The zero-order chi connectivity index (χ0) is 19.9. The largest absolute Gasteiger partial charge is 0.478 e. The molecule has 0 aliphatic rings. The molecule has 0 atom stereocenters. The van der Waals surface area contributed by atoms with E-state index in [2.05, 4.69) is 39.0 Å². The number of allylic oxidation sites excluding steroid dienone is 7. The van der Waals surface area contributed by atoms with Crippen LogP contribution in [0.15, 0.2) is 46.6 Å². The van der Waals surface area contributed by atoms with Gasteiger partial charge in [-0.25, -0.2) is 4.79 Å². The predicted molar refractivity (Wildman–Crippen MR) is 110 cm³/mol. The highest BCUT2D eigenvalue weighted by Gasteiger charge is 1.98. The maximum Gasteiger partial charge on any atom is 0.330 e. The van der Waals surface area contributed by atoms with Crippen LogP contribution in [0.25, 0.3) is 0 Å². The van der Waals surface area contributed by atoms with Crippen LogP contribution < -0.4 is 0 Å². The van der Waals surface area contributed by atoms with Gasteiger partial charge in [0.1, 0.15) is 5.78 Å². The molecule has 0 bridgehead atoms. The predicted octanol–water partition coefficient (Wildman–Crippen LogP) is 6.57. The van der Waals surface area contributed by atoms with E-state index < -0.39 is 5.97 Å². The van der Waals surface area contributed by atoms with Crippen molar-refractivity contribution in [3.63, 3.8) is 0 Å². The van der Waals surface area contributed by atoms with E-state index in [1.54, 1.807) is 19.9 Å². The highest BCUT2D eigenvalue weighted by Crippen LogP contribution is 2.14. The van der Waals surface area contributed by atoms with E-state index in [0.717, 1.165) is 44.9 Å². The van der Waals surface area contributed by atoms with Crippen molar-refractivity contribution in [1.29, 1.82) is 0 Å². The van der Waals surface area contributed by atoms with Gasteiger partial charge in [-0.2, -0.15) is 0 Å². The first-order valence-electron chi connectivity index (χ1n) is 9.58. The third kappa shape index (κ3) is 14.4. The third-order valence-corrected chi connectivity index (χ3v) is 4.38. The second-order valence-electron chi connectivity index (χ2n) is 7.20. The lowest BCUT2D eigenvalue weighted by Gasteiger charge is -2.03. The minimum atomic E-state index is -0.837. The summed E-state index contributed by atoms with van der Waals surface area (Å²) in [5, 5.41) is 8.81. The highest BCUT2D eigenvalue weighted by atomic mass is 16.4. The quantitative estimate of drug-likeness (QED) is 0.299. The average Bonchev–Trinajstić information content (AvgIpc) is 2.54. The van der Waals surface area contributed by atoms with Crippen molar-refractivity contribution in [1.82, 2.24) is 0 Å². The standard InChI is InChI=1S/C23H36O3/c1-18(11-7-13-20(3)15-9-17-22(5)24)10-6-12-19(2)14-8-16-21(4)23(25)26/h11-12,15-16H,6-10,13-14,17H2,1-5H3,(H,25,26)/b18-11+,19-12+,20-15+,21-16+. The molecule has 0 amide bonds. The van der Waals surface area contributed by atoms with Gasteiger partial charge >= 0.3 is 5.97 Å². The van der Waals surface area contributed by atoms with Crippen LogP contribution >= 0.6 is 0 Å². The number of hydrogen-bond acceptors (Lipinski definition) is 2. The Morgan fingerprint density at radius 1 is 0.615 bits per heavy atom. The first-order chi connectivity index (χ1) is 12.2. The Morgan fingerprint density at radius 2 is 0.962 bits per heavy atom. The fraction of sp³-hybridized carbons (Fsp3) is 0.565. The smallest absolute Gasteiger partial charge is 0.330 e. The van der Waals surface area contributed by atoms with E-state index in [1.807, 2.05) is 0 Å². The summed E-state index contributed by atoms with van der Waals surface area (Å²) in [5.74, 6) is -0.586. The molecule has 0 saturated carbocycles. The van der Waals surface area contributed by atoms with Crippen molar-refractivity contribution in [3.05, 3.63) is 46.6 Å². The molecule has 0 aliphatic heterocycles. The lowest BCUT2D eigenvalue weighted by atomic mass is 10.0. The van der Waals surface area contributed by atoms with Gasteiger partial charge in [0.2, 0.25) is 0 Å². The fourth-order valence-electron chi connectivity index (χ4n) is 2.52. The number of carboxylic acids is 1. The minimum absolute atomic E-state index is 0.251. The van der Waals surface area contributed by atoms with Crippen molar-refractivity contribution in [2.75, 3.05) is 0 Å². The monoisotopic (exact) mass is 360 g/mol. The summed E-state index contributed by atoms with van der Waals surface area (Å²) in [6.07, 6.45) is 15.9. The van der Waals surface area contributed by atoms with Crippen LogP contribution in [-0.2, 0) is 9.59 Å². The van der Waals surface area contributed by atoms with Gasteiger partial charge in [0.25, 0.3) is 0 Å². The van der Waals surface area contributed by atoms with Gasteiger partial charge in [-0.1, -0.05) is 41.0 Å². The van der Waals surface area contributed by atoms with E-state index in [-0.39, 0.29) is 5.78 Å². The number of carbonyl (C=O) groups excluding carboxylic acids is 1. The number of ketones is 1.